The van der Waals surface area contributed by atoms with Gasteiger partial charge in [-0.3, -0.25) is 9.59 Å². The average molecular weight is 505 g/mol. The molecule has 0 radical (unpaired) electrons. The van der Waals surface area contributed by atoms with Crippen LogP contribution in [0.3, 0.4) is 0 Å². The second-order valence-electron chi connectivity index (χ2n) is 8.92. The second kappa shape index (κ2) is 11.4. The molecule has 2 unspecified atom stereocenters. The van der Waals surface area contributed by atoms with E-state index < -0.39 is 5.41 Å². The first-order valence-corrected chi connectivity index (χ1v) is 12.2. The van der Waals surface area contributed by atoms with Crippen molar-refractivity contribution in [2.45, 2.75) is 70.3 Å². The highest BCUT2D eigenvalue weighted by Crippen LogP contribution is 2.45. The van der Waals surface area contributed by atoms with Crippen molar-refractivity contribution in [1.82, 2.24) is 0 Å². The van der Waals surface area contributed by atoms with Crippen molar-refractivity contribution in [2.24, 2.45) is 5.41 Å². The van der Waals surface area contributed by atoms with Crippen LogP contribution in [0.25, 0.3) is 0 Å². The quantitative estimate of drug-likeness (QED) is 0.256. The minimum atomic E-state index is -0.818. The van der Waals surface area contributed by atoms with Gasteiger partial charge in [0.25, 0.3) is 0 Å². The fraction of sp³-hybridized carbons (Fsp3) is 0.615. The molecule has 2 fully saturated rings. The Morgan fingerprint density at radius 1 is 1.19 bits per heavy atom. The maximum atomic E-state index is 13.3. The maximum Gasteiger partial charge on any atom is 0.312 e. The summed E-state index contributed by atoms with van der Waals surface area (Å²) in [4.78, 5) is 26.2. The Bertz CT molecular complexity index is 895. The van der Waals surface area contributed by atoms with Gasteiger partial charge in [0.15, 0.2) is 0 Å². The highest BCUT2D eigenvalue weighted by Gasteiger charge is 2.45. The predicted molar refractivity (Wildman–Crippen MR) is 127 cm³/mol. The molecular weight excluding hydrogens is 472 g/mol. The number of rotatable bonds is 10. The van der Waals surface area contributed by atoms with Crippen LogP contribution in [-0.2, 0) is 30.2 Å². The van der Waals surface area contributed by atoms with E-state index in [1.54, 1.807) is 7.11 Å². The van der Waals surface area contributed by atoms with Gasteiger partial charge < -0.3 is 14.2 Å². The summed E-state index contributed by atoms with van der Waals surface area (Å²) in [6.07, 6.45) is 5.58. The number of Topliss-reactive ketones (excluding diaryl/α,β-unsaturated/α-hetero) is 1. The zero-order valence-corrected chi connectivity index (χ0v) is 20.9. The molecule has 2 atom stereocenters. The van der Waals surface area contributed by atoms with Crippen LogP contribution in [0.1, 0.15) is 74.5 Å². The third-order valence-corrected chi connectivity index (χ3v) is 7.19. The average Bonchev–Trinajstić information content (AvgIpc) is 3.61. The van der Waals surface area contributed by atoms with Crippen LogP contribution in [0, 0.1) is 17.3 Å². The Labute approximate surface area is 199 Å². The Hall–Kier alpha value is -1.68. The molecule has 2 aliphatic rings. The van der Waals surface area contributed by atoms with Crippen molar-refractivity contribution < 1.29 is 23.8 Å². The molecule has 174 valence electrons. The van der Waals surface area contributed by atoms with Gasteiger partial charge in [0.2, 0.25) is 0 Å². The van der Waals surface area contributed by atoms with Crippen molar-refractivity contribution in [3.05, 3.63) is 33.3 Å². The van der Waals surface area contributed by atoms with Crippen molar-refractivity contribution in [3.63, 3.8) is 0 Å². The number of carbonyl (C=O) groups excluding carboxylic acids is 2. The largest absolute Gasteiger partial charge is 0.469 e. The summed E-state index contributed by atoms with van der Waals surface area (Å²) in [7, 11) is 3.04. The number of carbonyl (C=O) groups is 2. The summed E-state index contributed by atoms with van der Waals surface area (Å²) < 4.78 is 17.1. The molecule has 3 rings (SSSR count). The maximum absolute atomic E-state index is 13.3. The SMILES string of the molecule is CC#Cc1cc(Br)c(CC(=O)CC2(C(=O)OC)CCCC(OCCOC)C2)c(C2CC2)c1. The number of esters is 1. The molecule has 1 aromatic rings. The lowest BCUT2D eigenvalue weighted by atomic mass is 9.69. The van der Waals surface area contributed by atoms with E-state index in [-0.39, 0.29) is 24.3 Å². The number of halogens is 1. The molecule has 0 heterocycles. The molecule has 0 N–H and O–H groups in total. The Morgan fingerprint density at radius 3 is 2.62 bits per heavy atom. The van der Waals surface area contributed by atoms with Crippen LogP contribution in [-0.4, -0.2) is 45.3 Å². The van der Waals surface area contributed by atoms with E-state index >= 15 is 0 Å². The number of ether oxygens (including phenoxy) is 3. The zero-order chi connectivity index (χ0) is 23.1. The third-order valence-electron chi connectivity index (χ3n) is 6.49. The topological polar surface area (TPSA) is 61.8 Å². The van der Waals surface area contributed by atoms with Crippen LogP contribution >= 0.6 is 15.9 Å². The third kappa shape index (κ3) is 6.21. The minimum Gasteiger partial charge on any atom is -0.469 e. The molecule has 0 spiro atoms. The zero-order valence-electron chi connectivity index (χ0n) is 19.3. The first kappa shape index (κ1) is 25.0. The summed E-state index contributed by atoms with van der Waals surface area (Å²) in [5.41, 5.74) is 2.39. The van der Waals surface area contributed by atoms with E-state index in [9.17, 15) is 9.59 Å². The summed E-state index contributed by atoms with van der Waals surface area (Å²) in [6.45, 7) is 2.82. The van der Waals surface area contributed by atoms with Crippen LogP contribution in [0.4, 0.5) is 0 Å². The molecule has 0 saturated heterocycles. The Balaban J connectivity index is 1.77. The fourth-order valence-corrected chi connectivity index (χ4v) is 5.46. The number of ketones is 1. The molecule has 0 aliphatic heterocycles. The molecular formula is C26H33BrO5. The van der Waals surface area contributed by atoms with E-state index in [0.717, 1.165) is 41.3 Å². The van der Waals surface area contributed by atoms with Crippen molar-refractivity contribution in [1.29, 1.82) is 0 Å². The minimum absolute atomic E-state index is 0.0601. The molecule has 6 heteroatoms. The molecule has 0 bridgehead atoms. The first-order chi connectivity index (χ1) is 15.4. The number of methoxy groups -OCH3 is 2. The number of hydrogen-bond acceptors (Lipinski definition) is 5. The first-order valence-electron chi connectivity index (χ1n) is 11.4. The van der Waals surface area contributed by atoms with Gasteiger partial charge in [-0.25, -0.2) is 0 Å². The van der Waals surface area contributed by atoms with Crippen molar-refractivity contribution in [3.8, 4) is 11.8 Å². The smallest absolute Gasteiger partial charge is 0.312 e. The molecule has 1 aromatic carbocycles. The highest BCUT2D eigenvalue weighted by atomic mass is 79.9. The second-order valence-corrected chi connectivity index (χ2v) is 9.78. The van der Waals surface area contributed by atoms with E-state index in [1.807, 2.05) is 13.0 Å². The van der Waals surface area contributed by atoms with Gasteiger partial charge in [0, 0.05) is 30.0 Å². The van der Waals surface area contributed by atoms with Gasteiger partial charge in [-0.2, -0.15) is 0 Å². The number of hydrogen-bond donors (Lipinski definition) is 0. The van der Waals surface area contributed by atoms with Gasteiger partial charge in [-0.1, -0.05) is 21.9 Å². The monoisotopic (exact) mass is 504 g/mol. The summed E-state index contributed by atoms with van der Waals surface area (Å²) in [5, 5.41) is 0. The van der Waals surface area contributed by atoms with Gasteiger partial charge in [0.05, 0.1) is 31.8 Å². The lowest BCUT2D eigenvalue weighted by molar-refractivity contribution is -0.161. The Kier molecular flexibility index (Phi) is 8.93. The normalized spacial score (nSPS) is 22.7. The highest BCUT2D eigenvalue weighted by molar-refractivity contribution is 9.10. The Morgan fingerprint density at radius 2 is 1.97 bits per heavy atom. The standard InChI is InChI=1S/C26H33BrO5/c1-4-6-18-13-22(19-8-9-19)23(24(27)14-18)15-20(28)16-26(25(29)31-3)10-5-7-21(17-26)32-12-11-30-2/h13-14,19,21H,5,7-12,15-17H2,1-3H3. The van der Waals surface area contributed by atoms with Crippen LogP contribution in [0.2, 0.25) is 0 Å². The van der Waals surface area contributed by atoms with Crippen molar-refractivity contribution in [2.75, 3.05) is 27.4 Å². The van der Waals surface area contributed by atoms with E-state index in [2.05, 4.69) is 33.8 Å². The molecule has 2 aliphatic carbocycles. The number of benzene rings is 1. The predicted octanol–water partition coefficient (Wildman–Crippen LogP) is 4.96. The van der Waals surface area contributed by atoms with E-state index in [0.29, 0.717) is 38.4 Å². The van der Waals surface area contributed by atoms with Crippen molar-refractivity contribution >= 4 is 27.7 Å². The molecule has 0 aromatic heterocycles. The summed E-state index contributed by atoms with van der Waals surface area (Å²) in [6, 6.07) is 4.11. The van der Waals surface area contributed by atoms with E-state index in [1.165, 1.54) is 12.7 Å². The van der Waals surface area contributed by atoms with Gasteiger partial charge in [-0.05, 0) is 74.6 Å². The van der Waals surface area contributed by atoms with Gasteiger partial charge in [0.1, 0.15) is 5.78 Å². The van der Waals surface area contributed by atoms with Crippen LogP contribution in [0.15, 0.2) is 16.6 Å². The molecule has 2 saturated carbocycles. The van der Waals surface area contributed by atoms with Crippen LogP contribution < -0.4 is 0 Å². The fourth-order valence-electron chi connectivity index (χ4n) is 4.84. The summed E-state index contributed by atoms with van der Waals surface area (Å²) in [5.74, 6) is 6.32. The molecule has 0 amide bonds. The molecule has 5 nitrogen and oxygen atoms in total. The van der Waals surface area contributed by atoms with Crippen LogP contribution in [0.5, 0.6) is 0 Å². The summed E-state index contributed by atoms with van der Waals surface area (Å²) >= 11 is 3.68. The molecule has 32 heavy (non-hydrogen) atoms. The lowest BCUT2D eigenvalue weighted by Gasteiger charge is -2.38. The van der Waals surface area contributed by atoms with Gasteiger partial charge >= 0.3 is 5.97 Å². The lowest BCUT2D eigenvalue weighted by Crippen LogP contribution is -2.42. The van der Waals surface area contributed by atoms with E-state index in [4.69, 9.17) is 14.2 Å². The van der Waals surface area contributed by atoms with Gasteiger partial charge in [-0.15, -0.1) is 5.92 Å².